The van der Waals surface area contributed by atoms with Gasteiger partial charge in [-0.05, 0) is 18.9 Å². The van der Waals surface area contributed by atoms with Crippen molar-refractivity contribution < 1.29 is 4.79 Å². The van der Waals surface area contributed by atoms with Gasteiger partial charge in [0, 0.05) is 10.9 Å². The van der Waals surface area contributed by atoms with Crippen molar-refractivity contribution in [2.24, 2.45) is 0 Å². The van der Waals surface area contributed by atoms with Crippen LogP contribution in [-0.2, 0) is 11.2 Å². The van der Waals surface area contributed by atoms with E-state index >= 15 is 0 Å². The van der Waals surface area contributed by atoms with Crippen LogP contribution in [0.15, 0.2) is 39.5 Å². The van der Waals surface area contributed by atoms with Gasteiger partial charge < -0.3 is 5.32 Å². The van der Waals surface area contributed by atoms with Crippen LogP contribution in [0.5, 0.6) is 0 Å². The van der Waals surface area contributed by atoms with E-state index in [2.05, 4.69) is 51.7 Å². The largest absolute Gasteiger partial charge is 0.301 e. The molecule has 8 heteroatoms. The van der Waals surface area contributed by atoms with Gasteiger partial charge in [0.1, 0.15) is 5.51 Å². The molecule has 3 rings (SSSR count). The second-order valence-electron chi connectivity index (χ2n) is 5.04. The second-order valence-corrected chi connectivity index (χ2v) is 8.32. The molecule has 3 aromatic rings. The number of aromatic nitrogens is 3. The first-order valence-electron chi connectivity index (χ1n) is 7.44. The van der Waals surface area contributed by atoms with Crippen molar-refractivity contribution in [1.29, 1.82) is 0 Å². The molecule has 1 atom stereocenters. The van der Waals surface area contributed by atoms with Gasteiger partial charge in [-0.2, -0.15) is 0 Å². The van der Waals surface area contributed by atoms with E-state index in [0.29, 0.717) is 5.13 Å². The molecule has 0 unspecified atom stereocenters. The van der Waals surface area contributed by atoms with Crippen LogP contribution < -0.4 is 5.32 Å². The number of benzene rings is 1. The topological polar surface area (TPSA) is 67.8 Å². The van der Waals surface area contributed by atoms with E-state index in [4.69, 9.17) is 0 Å². The number of nitrogens with zero attached hydrogens (tertiary/aromatic N) is 3. The number of aryl methyl sites for hydroxylation is 1. The Morgan fingerprint density at radius 2 is 2.08 bits per heavy atom. The lowest BCUT2D eigenvalue weighted by molar-refractivity contribution is -0.115. The lowest BCUT2D eigenvalue weighted by atomic mass is 10.1. The molecule has 0 aliphatic heterocycles. The van der Waals surface area contributed by atoms with Gasteiger partial charge in [0.15, 0.2) is 9.47 Å². The van der Waals surface area contributed by atoms with Gasteiger partial charge in [-0.1, -0.05) is 54.3 Å². The van der Waals surface area contributed by atoms with Crippen LogP contribution in [0.4, 0.5) is 5.13 Å². The highest BCUT2D eigenvalue weighted by Crippen LogP contribution is 2.28. The molecule has 0 saturated carbocycles. The van der Waals surface area contributed by atoms with E-state index < -0.39 is 0 Å². The molecule has 1 amide bonds. The first-order valence-corrected chi connectivity index (χ1v) is 10.1. The van der Waals surface area contributed by atoms with Crippen LogP contribution in [0, 0.1) is 0 Å². The van der Waals surface area contributed by atoms with Crippen molar-refractivity contribution in [2.75, 3.05) is 5.32 Å². The number of anilines is 1. The molecule has 5 nitrogen and oxygen atoms in total. The number of hydrogen-bond acceptors (Lipinski definition) is 7. The van der Waals surface area contributed by atoms with E-state index in [1.807, 2.05) is 12.3 Å². The minimum Gasteiger partial charge on any atom is -0.301 e. The average Bonchev–Trinajstić information content (AvgIpc) is 3.27. The monoisotopic (exact) mass is 376 g/mol. The van der Waals surface area contributed by atoms with Crippen molar-refractivity contribution >= 4 is 45.5 Å². The molecule has 0 spiro atoms. The molecule has 0 fully saturated rings. The van der Waals surface area contributed by atoms with E-state index in [1.165, 1.54) is 40.0 Å². The Morgan fingerprint density at radius 3 is 2.75 bits per heavy atom. The third-order valence-electron chi connectivity index (χ3n) is 3.38. The zero-order valence-corrected chi connectivity index (χ0v) is 15.7. The van der Waals surface area contributed by atoms with Crippen LogP contribution in [0.2, 0.25) is 0 Å². The molecule has 24 heavy (non-hydrogen) atoms. The van der Waals surface area contributed by atoms with Gasteiger partial charge in [0.25, 0.3) is 0 Å². The predicted molar refractivity (Wildman–Crippen MR) is 101 cm³/mol. The Morgan fingerprint density at radius 1 is 1.29 bits per heavy atom. The van der Waals surface area contributed by atoms with Crippen molar-refractivity contribution in [2.45, 2.75) is 29.9 Å². The fourth-order valence-corrected chi connectivity index (χ4v) is 4.35. The minimum atomic E-state index is -0.255. The molecule has 0 radical (unpaired) electrons. The Balaban J connectivity index is 1.63. The third kappa shape index (κ3) is 4.19. The lowest BCUT2D eigenvalue weighted by Gasteiger charge is -2.07. The summed E-state index contributed by atoms with van der Waals surface area (Å²) in [6, 6.07) is 8.34. The summed E-state index contributed by atoms with van der Waals surface area (Å²) in [5.74, 6) is -0.0857. The highest BCUT2D eigenvalue weighted by Gasteiger charge is 2.17. The summed E-state index contributed by atoms with van der Waals surface area (Å²) >= 11 is 4.25. The standard InChI is InChI=1S/C16H16N4OS3/c1-3-11-4-6-12(7-5-11)13-8-22-15(18-13)19-14(21)10(2)24-16-20-17-9-23-16/h4-10H,3H2,1-2H3,(H,18,19,21)/t10-/m1/s1. The zero-order valence-electron chi connectivity index (χ0n) is 13.2. The number of nitrogens with one attached hydrogen (secondary N) is 1. The smallest absolute Gasteiger partial charge is 0.239 e. The van der Waals surface area contributed by atoms with Crippen molar-refractivity contribution in [3.8, 4) is 11.3 Å². The highest BCUT2D eigenvalue weighted by molar-refractivity contribution is 8.02. The molecular formula is C16H16N4OS3. The normalized spacial score (nSPS) is 12.1. The number of thiazole rings is 1. The second kappa shape index (κ2) is 7.87. The quantitative estimate of drug-likeness (QED) is 0.648. The van der Waals surface area contributed by atoms with Crippen molar-refractivity contribution in [3.05, 3.63) is 40.7 Å². The number of amides is 1. The Hall–Kier alpha value is -1.77. The maximum Gasteiger partial charge on any atom is 0.239 e. The van der Waals surface area contributed by atoms with E-state index in [9.17, 15) is 4.79 Å². The third-order valence-corrected chi connectivity index (χ3v) is 6.05. The van der Waals surface area contributed by atoms with Gasteiger partial charge in [-0.3, -0.25) is 4.79 Å². The molecular weight excluding hydrogens is 360 g/mol. The van der Waals surface area contributed by atoms with Gasteiger partial charge in [0.05, 0.1) is 10.9 Å². The summed E-state index contributed by atoms with van der Waals surface area (Å²) in [7, 11) is 0. The maximum atomic E-state index is 12.3. The van der Waals surface area contributed by atoms with Crippen LogP contribution in [0.25, 0.3) is 11.3 Å². The summed E-state index contributed by atoms with van der Waals surface area (Å²) in [6.07, 6.45) is 1.02. The number of carbonyl (C=O) groups is 1. The van der Waals surface area contributed by atoms with Crippen LogP contribution in [0.1, 0.15) is 19.4 Å². The zero-order chi connectivity index (χ0) is 16.9. The number of carbonyl (C=O) groups excluding carboxylic acids is 1. The van der Waals surface area contributed by atoms with Crippen LogP contribution >= 0.6 is 34.4 Å². The van der Waals surface area contributed by atoms with Gasteiger partial charge in [-0.15, -0.1) is 21.5 Å². The lowest BCUT2D eigenvalue weighted by Crippen LogP contribution is -2.22. The fourth-order valence-electron chi connectivity index (χ4n) is 2.00. The van der Waals surface area contributed by atoms with Gasteiger partial charge in [0.2, 0.25) is 5.91 Å². The van der Waals surface area contributed by atoms with Crippen LogP contribution in [0.3, 0.4) is 0 Å². The molecule has 0 bridgehead atoms. The summed E-state index contributed by atoms with van der Waals surface area (Å²) in [4.78, 5) is 16.8. The molecule has 0 saturated heterocycles. The summed E-state index contributed by atoms with van der Waals surface area (Å²) < 4.78 is 0.786. The first kappa shape index (κ1) is 17.1. The Bertz CT molecular complexity index is 799. The van der Waals surface area contributed by atoms with Crippen molar-refractivity contribution in [3.63, 3.8) is 0 Å². The summed E-state index contributed by atoms with van der Waals surface area (Å²) in [5, 5.41) is 12.9. The van der Waals surface area contributed by atoms with E-state index in [0.717, 1.165) is 22.0 Å². The average molecular weight is 377 g/mol. The molecule has 0 aliphatic carbocycles. The Kier molecular flexibility index (Phi) is 5.60. The molecule has 2 aromatic heterocycles. The summed E-state index contributed by atoms with van der Waals surface area (Å²) in [6.45, 7) is 3.98. The molecule has 1 N–H and O–H groups in total. The predicted octanol–water partition coefficient (Wildman–Crippen LogP) is 4.34. The van der Waals surface area contributed by atoms with Crippen molar-refractivity contribution in [1.82, 2.24) is 15.2 Å². The van der Waals surface area contributed by atoms with E-state index in [-0.39, 0.29) is 11.2 Å². The molecule has 2 heterocycles. The molecule has 0 aliphatic rings. The van der Waals surface area contributed by atoms with Gasteiger partial charge >= 0.3 is 0 Å². The first-order chi connectivity index (χ1) is 11.7. The van der Waals surface area contributed by atoms with Crippen LogP contribution in [-0.4, -0.2) is 26.3 Å². The highest BCUT2D eigenvalue weighted by atomic mass is 32.2. The van der Waals surface area contributed by atoms with E-state index in [1.54, 1.807) is 5.51 Å². The number of rotatable bonds is 6. The number of thioether (sulfide) groups is 1. The summed E-state index contributed by atoms with van der Waals surface area (Å²) in [5.41, 5.74) is 4.89. The molecule has 1 aromatic carbocycles. The maximum absolute atomic E-state index is 12.3. The number of hydrogen-bond donors (Lipinski definition) is 1. The molecule has 124 valence electrons. The minimum absolute atomic E-state index is 0.0857. The SMILES string of the molecule is CCc1ccc(-c2csc(NC(=O)[C@@H](C)Sc3nncs3)n2)cc1. The fraction of sp³-hybridized carbons (Fsp3) is 0.250. The van der Waals surface area contributed by atoms with Gasteiger partial charge in [-0.25, -0.2) is 4.98 Å². The Labute approximate surface area is 152 Å².